The number of nitrogens with zero attached hydrogens (tertiary/aromatic N) is 1. The van der Waals surface area contributed by atoms with Gasteiger partial charge in [0.1, 0.15) is 0 Å². The second-order valence-electron chi connectivity index (χ2n) is 3.43. The van der Waals surface area contributed by atoms with Crippen molar-refractivity contribution in [1.82, 2.24) is 4.31 Å². The summed E-state index contributed by atoms with van der Waals surface area (Å²) in [7, 11) is -0.0597. The minimum absolute atomic E-state index is 0.517. The number of allylic oxidation sites excluding steroid dienone is 4. The average molecular weight is 201 g/mol. The Balaban J connectivity index is 2.98. The van der Waals surface area contributed by atoms with Gasteiger partial charge >= 0.3 is 0 Å². The van der Waals surface area contributed by atoms with E-state index in [1.165, 1.54) is 9.88 Å². The molecule has 0 fully saturated rings. The van der Waals surface area contributed by atoms with Gasteiger partial charge in [0.05, 0.1) is 4.91 Å². The molecule has 0 aromatic rings. The first-order valence-corrected chi connectivity index (χ1v) is 5.67. The van der Waals surface area contributed by atoms with Gasteiger partial charge in [0.15, 0.2) is 0 Å². The van der Waals surface area contributed by atoms with Crippen LogP contribution in [0.25, 0.3) is 0 Å². The van der Waals surface area contributed by atoms with E-state index in [9.17, 15) is 8.42 Å². The molecule has 4 heteroatoms. The van der Waals surface area contributed by atoms with Crippen LogP contribution in [-0.4, -0.2) is 26.8 Å². The van der Waals surface area contributed by atoms with E-state index in [2.05, 4.69) is 0 Å². The molecule has 0 bridgehead atoms. The van der Waals surface area contributed by atoms with Crippen LogP contribution in [0.4, 0.5) is 0 Å². The molecule has 0 unspecified atom stereocenters. The predicted molar refractivity (Wildman–Crippen MR) is 53.7 cm³/mol. The fourth-order valence-corrected chi connectivity index (χ4v) is 2.24. The molecule has 1 aliphatic carbocycles. The summed E-state index contributed by atoms with van der Waals surface area (Å²) in [6.07, 6.45) is 5.05. The molecule has 13 heavy (non-hydrogen) atoms. The molecule has 0 aromatic heterocycles. The highest BCUT2D eigenvalue weighted by molar-refractivity contribution is 7.93. The Morgan fingerprint density at radius 3 is 2.23 bits per heavy atom. The van der Waals surface area contributed by atoms with Crippen LogP contribution in [0.2, 0.25) is 0 Å². The van der Waals surface area contributed by atoms with Crippen LogP contribution in [0.3, 0.4) is 0 Å². The molecule has 0 amide bonds. The van der Waals surface area contributed by atoms with Gasteiger partial charge in [-0.2, -0.15) is 0 Å². The second kappa shape index (κ2) is 3.64. The molecule has 0 aliphatic heterocycles. The third-order valence-corrected chi connectivity index (χ3v) is 4.10. The van der Waals surface area contributed by atoms with Crippen LogP contribution in [0.15, 0.2) is 22.6 Å². The summed E-state index contributed by atoms with van der Waals surface area (Å²) in [4.78, 5) is 0.517. The van der Waals surface area contributed by atoms with Gasteiger partial charge in [0.2, 0.25) is 10.0 Å². The van der Waals surface area contributed by atoms with E-state index in [0.717, 1.165) is 6.42 Å². The molecule has 0 saturated heterocycles. The molecule has 1 aliphatic rings. The predicted octanol–water partition coefficient (Wildman–Crippen LogP) is 1.50. The molecule has 0 spiro atoms. The van der Waals surface area contributed by atoms with Gasteiger partial charge in [-0.15, -0.1) is 0 Å². The van der Waals surface area contributed by atoms with Crippen LogP contribution in [0.1, 0.15) is 19.8 Å². The van der Waals surface area contributed by atoms with Crippen LogP contribution in [0.5, 0.6) is 0 Å². The van der Waals surface area contributed by atoms with Crippen molar-refractivity contribution >= 4 is 10.0 Å². The Hall–Kier alpha value is -0.610. The standard InChI is InChI=1S/C9H15NO2S/c1-8-4-6-9(7-5-8)13(11,12)10(2)3/h4,6H,5,7H2,1-3H3. The maximum absolute atomic E-state index is 11.6. The van der Waals surface area contributed by atoms with Gasteiger partial charge < -0.3 is 0 Å². The highest BCUT2D eigenvalue weighted by atomic mass is 32.2. The molecule has 0 heterocycles. The molecule has 0 atom stereocenters. The lowest BCUT2D eigenvalue weighted by Gasteiger charge is -2.16. The first-order chi connectivity index (χ1) is 5.94. The van der Waals surface area contributed by atoms with Crippen molar-refractivity contribution in [2.75, 3.05) is 14.1 Å². The summed E-state index contributed by atoms with van der Waals surface area (Å²) in [6, 6.07) is 0. The summed E-state index contributed by atoms with van der Waals surface area (Å²) in [5.74, 6) is 0. The Bertz CT molecular complexity index is 350. The van der Waals surface area contributed by atoms with Crippen molar-refractivity contribution in [3.8, 4) is 0 Å². The Morgan fingerprint density at radius 2 is 1.85 bits per heavy atom. The largest absolute Gasteiger partial charge is 0.238 e. The second-order valence-corrected chi connectivity index (χ2v) is 5.64. The highest BCUT2D eigenvalue weighted by Gasteiger charge is 2.20. The van der Waals surface area contributed by atoms with Crippen LogP contribution >= 0.6 is 0 Å². The van der Waals surface area contributed by atoms with Crippen molar-refractivity contribution in [3.63, 3.8) is 0 Å². The molecule has 1 rings (SSSR count). The highest BCUT2D eigenvalue weighted by Crippen LogP contribution is 2.23. The topological polar surface area (TPSA) is 37.4 Å². The zero-order chi connectivity index (χ0) is 10.1. The van der Waals surface area contributed by atoms with Gasteiger partial charge in [-0.3, -0.25) is 0 Å². The summed E-state index contributed by atoms with van der Waals surface area (Å²) in [6.45, 7) is 2.01. The number of hydrogen-bond donors (Lipinski definition) is 0. The fourth-order valence-electron chi connectivity index (χ4n) is 1.17. The number of sulfonamides is 1. The molecular formula is C9H15NO2S. The normalized spacial score (nSPS) is 18.5. The molecule has 0 N–H and O–H groups in total. The summed E-state index contributed by atoms with van der Waals surface area (Å²) >= 11 is 0. The van der Waals surface area contributed by atoms with Crippen LogP contribution in [-0.2, 0) is 10.0 Å². The lowest BCUT2D eigenvalue weighted by atomic mass is 10.1. The lowest BCUT2D eigenvalue weighted by Crippen LogP contribution is -2.24. The van der Waals surface area contributed by atoms with Gasteiger partial charge in [-0.25, -0.2) is 12.7 Å². The van der Waals surface area contributed by atoms with E-state index >= 15 is 0 Å². The Kier molecular flexibility index (Phi) is 2.93. The maximum Gasteiger partial charge on any atom is 0.238 e. The fraction of sp³-hybridized carbons (Fsp3) is 0.556. The van der Waals surface area contributed by atoms with Crippen molar-refractivity contribution in [3.05, 3.63) is 22.6 Å². The minimum atomic E-state index is -3.17. The van der Waals surface area contributed by atoms with E-state index in [1.807, 2.05) is 13.0 Å². The lowest BCUT2D eigenvalue weighted by molar-refractivity contribution is 0.525. The van der Waals surface area contributed by atoms with Crippen LogP contribution < -0.4 is 0 Å². The Labute approximate surface area is 79.8 Å². The molecule has 0 radical (unpaired) electrons. The molecule has 3 nitrogen and oxygen atoms in total. The van der Waals surface area contributed by atoms with E-state index in [-0.39, 0.29) is 0 Å². The van der Waals surface area contributed by atoms with Crippen molar-refractivity contribution in [2.24, 2.45) is 0 Å². The number of hydrogen-bond acceptors (Lipinski definition) is 2. The van der Waals surface area contributed by atoms with E-state index in [0.29, 0.717) is 11.3 Å². The first-order valence-electron chi connectivity index (χ1n) is 4.23. The van der Waals surface area contributed by atoms with Crippen molar-refractivity contribution in [2.45, 2.75) is 19.8 Å². The molecule has 74 valence electrons. The molecule has 0 aromatic carbocycles. The SMILES string of the molecule is CC1=CC=C(S(=O)(=O)N(C)C)CC1. The zero-order valence-corrected chi connectivity index (χ0v) is 9.06. The van der Waals surface area contributed by atoms with E-state index in [1.54, 1.807) is 20.2 Å². The van der Waals surface area contributed by atoms with Gasteiger partial charge in [-0.1, -0.05) is 11.6 Å². The molecule has 0 saturated carbocycles. The summed E-state index contributed by atoms with van der Waals surface area (Å²) < 4.78 is 24.5. The first kappa shape index (κ1) is 10.5. The van der Waals surface area contributed by atoms with E-state index in [4.69, 9.17) is 0 Å². The van der Waals surface area contributed by atoms with E-state index < -0.39 is 10.0 Å². The average Bonchev–Trinajstić information content (AvgIpc) is 2.04. The quantitative estimate of drug-likeness (QED) is 0.679. The monoisotopic (exact) mass is 201 g/mol. The van der Waals surface area contributed by atoms with Gasteiger partial charge in [0, 0.05) is 14.1 Å². The van der Waals surface area contributed by atoms with Crippen molar-refractivity contribution in [1.29, 1.82) is 0 Å². The molecular weight excluding hydrogens is 186 g/mol. The smallest absolute Gasteiger partial charge is 0.207 e. The third-order valence-electron chi connectivity index (χ3n) is 2.13. The summed E-state index contributed by atoms with van der Waals surface area (Å²) in [5.41, 5.74) is 1.23. The minimum Gasteiger partial charge on any atom is -0.207 e. The van der Waals surface area contributed by atoms with Crippen molar-refractivity contribution < 1.29 is 8.42 Å². The summed E-state index contributed by atoms with van der Waals surface area (Å²) in [5, 5.41) is 0. The van der Waals surface area contributed by atoms with Crippen LogP contribution in [0, 0.1) is 0 Å². The Morgan fingerprint density at radius 1 is 1.23 bits per heavy atom. The maximum atomic E-state index is 11.6. The zero-order valence-electron chi connectivity index (χ0n) is 8.24. The third kappa shape index (κ3) is 2.19. The number of rotatable bonds is 2. The van der Waals surface area contributed by atoms with Gasteiger partial charge in [-0.05, 0) is 25.8 Å². The van der Waals surface area contributed by atoms with Gasteiger partial charge in [0.25, 0.3) is 0 Å².